The highest BCUT2D eigenvalue weighted by Crippen LogP contribution is 2.29. The summed E-state index contributed by atoms with van der Waals surface area (Å²) < 4.78 is 5.95. The summed E-state index contributed by atoms with van der Waals surface area (Å²) in [7, 11) is 0. The minimum absolute atomic E-state index is 0.563. The number of nitrogens with zero attached hydrogens (tertiary/aromatic N) is 1. The number of pyridine rings is 1. The molecule has 2 N–H and O–H groups in total. The Balaban J connectivity index is 1.95. The Morgan fingerprint density at radius 2 is 1.95 bits per heavy atom. The topological polar surface area (TPSA) is 48.1 Å². The van der Waals surface area contributed by atoms with Crippen molar-refractivity contribution in [2.24, 2.45) is 5.73 Å². The van der Waals surface area contributed by atoms with Gasteiger partial charge in [-0.25, -0.2) is 0 Å². The zero-order valence-electron chi connectivity index (χ0n) is 11.4. The van der Waals surface area contributed by atoms with Crippen molar-refractivity contribution < 1.29 is 4.74 Å². The van der Waals surface area contributed by atoms with Crippen molar-refractivity contribution in [3.05, 3.63) is 65.3 Å². The molecule has 3 nitrogen and oxygen atoms in total. The molecule has 21 heavy (non-hydrogen) atoms. The quantitative estimate of drug-likeness (QED) is 0.786. The molecule has 0 aliphatic heterocycles. The fourth-order valence-electron chi connectivity index (χ4n) is 2.22. The molecule has 106 valence electrons. The fourth-order valence-corrected chi connectivity index (χ4v) is 2.38. The SMILES string of the molecule is NCCc1ccc(Cl)cc1Oc1cnc2ccccc2c1. The molecule has 3 rings (SSSR count). The number of hydrogen-bond donors (Lipinski definition) is 1. The summed E-state index contributed by atoms with van der Waals surface area (Å²) in [5.41, 5.74) is 7.61. The highest BCUT2D eigenvalue weighted by Gasteiger charge is 2.07. The van der Waals surface area contributed by atoms with E-state index in [0.29, 0.717) is 17.3 Å². The van der Waals surface area contributed by atoms with E-state index < -0.39 is 0 Å². The van der Waals surface area contributed by atoms with E-state index in [1.54, 1.807) is 6.20 Å². The molecule has 0 amide bonds. The first-order valence-corrected chi connectivity index (χ1v) is 7.15. The number of rotatable bonds is 4. The van der Waals surface area contributed by atoms with E-state index in [9.17, 15) is 0 Å². The highest BCUT2D eigenvalue weighted by atomic mass is 35.5. The molecule has 0 atom stereocenters. The molecule has 1 aromatic heterocycles. The molecule has 4 heteroatoms. The van der Waals surface area contributed by atoms with E-state index in [1.807, 2.05) is 48.5 Å². The Kier molecular flexibility index (Phi) is 4.04. The number of benzene rings is 2. The van der Waals surface area contributed by atoms with Crippen LogP contribution in [0.5, 0.6) is 11.5 Å². The first-order valence-electron chi connectivity index (χ1n) is 6.77. The number of para-hydroxylation sites is 1. The number of ether oxygens (including phenoxy) is 1. The normalized spacial score (nSPS) is 10.8. The average molecular weight is 299 g/mol. The summed E-state index contributed by atoms with van der Waals surface area (Å²) in [6.07, 6.45) is 2.46. The number of fused-ring (bicyclic) bond motifs is 1. The van der Waals surface area contributed by atoms with Gasteiger partial charge in [0.05, 0.1) is 11.7 Å². The summed E-state index contributed by atoms with van der Waals surface area (Å²) in [4.78, 5) is 4.39. The standard InChI is InChI=1S/C17H15ClN2O/c18-14-6-5-12(7-8-19)17(10-14)21-15-9-13-3-1-2-4-16(13)20-11-15/h1-6,9-11H,7-8,19H2. The van der Waals surface area contributed by atoms with Crippen molar-refractivity contribution in [3.63, 3.8) is 0 Å². The van der Waals surface area contributed by atoms with Crippen LogP contribution in [0.1, 0.15) is 5.56 Å². The Labute approximate surface area is 128 Å². The third kappa shape index (κ3) is 3.15. The zero-order valence-corrected chi connectivity index (χ0v) is 12.2. The molecule has 0 aliphatic carbocycles. The van der Waals surface area contributed by atoms with Gasteiger partial charge in [-0.15, -0.1) is 0 Å². The molecule has 3 aromatic rings. The summed E-state index contributed by atoms with van der Waals surface area (Å²) in [6, 6.07) is 15.5. The van der Waals surface area contributed by atoms with E-state index >= 15 is 0 Å². The molecule has 0 saturated heterocycles. The monoisotopic (exact) mass is 298 g/mol. The second kappa shape index (κ2) is 6.12. The second-order valence-corrected chi connectivity index (χ2v) is 5.19. The number of hydrogen-bond acceptors (Lipinski definition) is 3. The van der Waals surface area contributed by atoms with Crippen molar-refractivity contribution in [1.82, 2.24) is 4.98 Å². The summed E-state index contributed by atoms with van der Waals surface area (Å²) in [5.74, 6) is 1.42. The molecule has 0 spiro atoms. The van der Waals surface area contributed by atoms with Crippen LogP contribution >= 0.6 is 11.6 Å². The van der Waals surface area contributed by atoms with Gasteiger partial charge in [0.25, 0.3) is 0 Å². The average Bonchev–Trinajstić information content (AvgIpc) is 2.50. The lowest BCUT2D eigenvalue weighted by atomic mass is 10.1. The van der Waals surface area contributed by atoms with Gasteiger partial charge in [0, 0.05) is 10.4 Å². The van der Waals surface area contributed by atoms with Gasteiger partial charge in [-0.1, -0.05) is 35.9 Å². The second-order valence-electron chi connectivity index (χ2n) is 4.76. The first kappa shape index (κ1) is 13.9. The van der Waals surface area contributed by atoms with Gasteiger partial charge in [-0.05, 0) is 42.8 Å². The highest BCUT2D eigenvalue weighted by molar-refractivity contribution is 6.30. The molecule has 0 bridgehead atoms. The Morgan fingerprint density at radius 1 is 1.10 bits per heavy atom. The van der Waals surface area contributed by atoms with Gasteiger partial charge in [-0.3, -0.25) is 4.98 Å². The van der Waals surface area contributed by atoms with Crippen LogP contribution in [0.4, 0.5) is 0 Å². The lowest BCUT2D eigenvalue weighted by molar-refractivity contribution is 0.475. The van der Waals surface area contributed by atoms with Gasteiger partial charge >= 0.3 is 0 Å². The van der Waals surface area contributed by atoms with Crippen LogP contribution in [-0.4, -0.2) is 11.5 Å². The minimum atomic E-state index is 0.563. The maximum atomic E-state index is 6.05. The number of nitrogens with two attached hydrogens (primary N) is 1. The fraction of sp³-hybridized carbons (Fsp3) is 0.118. The van der Waals surface area contributed by atoms with Gasteiger partial charge in [0.15, 0.2) is 0 Å². The Hall–Kier alpha value is -2.10. The largest absolute Gasteiger partial charge is 0.455 e. The minimum Gasteiger partial charge on any atom is -0.455 e. The predicted molar refractivity (Wildman–Crippen MR) is 86.0 cm³/mol. The molecular formula is C17H15ClN2O. The van der Waals surface area contributed by atoms with Crippen molar-refractivity contribution >= 4 is 22.5 Å². The summed E-state index contributed by atoms with van der Waals surface area (Å²) in [5, 5.41) is 1.68. The molecule has 0 saturated carbocycles. The van der Waals surface area contributed by atoms with E-state index in [4.69, 9.17) is 22.1 Å². The molecule has 2 aromatic carbocycles. The Morgan fingerprint density at radius 3 is 2.81 bits per heavy atom. The van der Waals surface area contributed by atoms with Crippen LogP contribution in [-0.2, 0) is 6.42 Å². The van der Waals surface area contributed by atoms with Gasteiger partial charge in [0.2, 0.25) is 0 Å². The van der Waals surface area contributed by atoms with E-state index in [2.05, 4.69) is 4.98 Å². The number of halogens is 1. The molecule has 1 heterocycles. The van der Waals surface area contributed by atoms with Crippen LogP contribution < -0.4 is 10.5 Å². The molecular weight excluding hydrogens is 284 g/mol. The van der Waals surface area contributed by atoms with Crippen molar-refractivity contribution in [3.8, 4) is 11.5 Å². The van der Waals surface area contributed by atoms with E-state index in [0.717, 1.165) is 28.6 Å². The molecule has 0 unspecified atom stereocenters. The molecule has 0 fully saturated rings. The van der Waals surface area contributed by atoms with Gasteiger partial charge < -0.3 is 10.5 Å². The summed E-state index contributed by atoms with van der Waals surface area (Å²) >= 11 is 6.05. The van der Waals surface area contributed by atoms with Crippen molar-refractivity contribution in [2.75, 3.05) is 6.54 Å². The van der Waals surface area contributed by atoms with Crippen LogP contribution in [0.3, 0.4) is 0 Å². The van der Waals surface area contributed by atoms with Crippen molar-refractivity contribution in [2.45, 2.75) is 6.42 Å². The lowest BCUT2D eigenvalue weighted by Gasteiger charge is -2.11. The predicted octanol–water partition coefficient (Wildman–Crippen LogP) is 4.18. The maximum absolute atomic E-state index is 6.05. The smallest absolute Gasteiger partial charge is 0.146 e. The molecule has 0 radical (unpaired) electrons. The zero-order chi connectivity index (χ0) is 14.7. The maximum Gasteiger partial charge on any atom is 0.146 e. The van der Waals surface area contributed by atoms with Crippen molar-refractivity contribution in [1.29, 1.82) is 0 Å². The van der Waals surface area contributed by atoms with E-state index in [1.165, 1.54) is 0 Å². The van der Waals surface area contributed by atoms with Gasteiger partial charge in [0.1, 0.15) is 11.5 Å². The summed E-state index contributed by atoms with van der Waals surface area (Å²) in [6.45, 7) is 0.563. The van der Waals surface area contributed by atoms with Crippen LogP contribution in [0.2, 0.25) is 5.02 Å². The first-order chi connectivity index (χ1) is 10.3. The van der Waals surface area contributed by atoms with Crippen LogP contribution in [0.25, 0.3) is 10.9 Å². The Bertz CT molecular complexity index is 774. The number of aromatic nitrogens is 1. The molecule has 0 aliphatic rings. The van der Waals surface area contributed by atoms with Crippen LogP contribution in [0, 0.1) is 0 Å². The van der Waals surface area contributed by atoms with E-state index in [-0.39, 0.29) is 0 Å². The third-order valence-electron chi connectivity index (χ3n) is 3.24. The third-order valence-corrected chi connectivity index (χ3v) is 3.47. The van der Waals surface area contributed by atoms with Gasteiger partial charge in [-0.2, -0.15) is 0 Å². The lowest BCUT2D eigenvalue weighted by Crippen LogP contribution is -2.04. The van der Waals surface area contributed by atoms with Crippen LogP contribution in [0.15, 0.2) is 54.7 Å².